The van der Waals surface area contributed by atoms with Crippen LogP contribution < -0.4 is 24.8 Å². The molecule has 318 valence electrons. The van der Waals surface area contributed by atoms with E-state index in [2.05, 4.69) is 10.6 Å². The van der Waals surface area contributed by atoms with Gasteiger partial charge in [0.15, 0.2) is 0 Å². The second-order valence-electron chi connectivity index (χ2n) is 17.4. The van der Waals surface area contributed by atoms with Crippen LogP contribution in [0, 0.1) is 23.2 Å². The summed E-state index contributed by atoms with van der Waals surface area (Å²) < 4.78 is 88.0. The zero-order valence-electron chi connectivity index (χ0n) is 33.2. The van der Waals surface area contributed by atoms with Gasteiger partial charge in [-0.2, -0.15) is 0 Å². The molecular formula is C39H51F3N6O9S. The second kappa shape index (κ2) is 15.3. The predicted octanol–water partition coefficient (Wildman–Crippen LogP) is 4.31. The Labute approximate surface area is 334 Å². The van der Waals surface area contributed by atoms with Crippen molar-refractivity contribution in [3.05, 3.63) is 23.9 Å². The SMILES string of the molecule is CC[C@@H]1[C@@H]2CN(C(=O)[C@H](C(C)(C)C)NC(=O)O[C@@H]3C[C@H]3CCCCCc3nc4ccc(OC)cc4nc3O2)[C@@H]1C(=O)N[C@]1(C(=O)NS(=O)(=O)C2(F)CC2)C[C@H]1C(F)F. The van der Waals surface area contributed by atoms with Crippen LogP contribution >= 0.6 is 0 Å². The van der Waals surface area contributed by atoms with E-state index in [4.69, 9.17) is 24.2 Å². The van der Waals surface area contributed by atoms with Gasteiger partial charge >= 0.3 is 6.09 Å². The summed E-state index contributed by atoms with van der Waals surface area (Å²) in [4.78, 5) is 67.1. The maximum absolute atomic E-state index is 14.8. The minimum atomic E-state index is -4.91. The Morgan fingerprint density at radius 2 is 1.83 bits per heavy atom. The molecule has 3 saturated carbocycles. The number of hydrogen-bond donors (Lipinski definition) is 3. The standard InChI is InChI=1S/C39H51F3N6O9S/c1-6-22-28-19-48(29(22)32(49)46-39(18-23(39)31(40)41)35(51)47-58(53,54)38(42)14-15-38)34(50)30(37(2,3)4)45-36(52)57-27-16-20(27)10-8-7-9-11-25-33(56-28)44-26-17-21(55-5)12-13-24(26)43-25/h12-13,17,20,22-23,27-31H,6-11,14-16,18-19H2,1-5H3,(H,45,52)(H,46,49)(H,47,51)/t20-,22-,23+,27-,28+,29+,30-,39-/m1/s1. The van der Waals surface area contributed by atoms with Crippen molar-refractivity contribution in [2.24, 2.45) is 23.2 Å². The minimum absolute atomic E-state index is 0.177. The van der Waals surface area contributed by atoms with Crippen molar-refractivity contribution in [2.75, 3.05) is 13.7 Å². The zero-order chi connectivity index (χ0) is 41.9. The third-order valence-corrected chi connectivity index (χ3v) is 14.0. The Morgan fingerprint density at radius 1 is 1.09 bits per heavy atom. The molecule has 58 heavy (non-hydrogen) atoms. The molecular weight excluding hydrogens is 786 g/mol. The van der Waals surface area contributed by atoms with Gasteiger partial charge < -0.3 is 29.7 Å². The lowest BCUT2D eigenvalue weighted by atomic mass is 9.85. The zero-order valence-corrected chi connectivity index (χ0v) is 34.0. The lowest BCUT2D eigenvalue weighted by molar-refractivity contribution is -0.144. The molecule has 19 heteroatoms. The number of nitrogens with one attached hydrogen (secondary N) is 3. The third kappa shape index (κ3) is 8.11. The average molecular weight is 837 g/mol. The molecule has 0 spiro atoms. The first-order valence-electron chi connectivity index (χ1n) is 20.0. The monoisotopic (exact) mass is 836 g/mol. The van der Waals surface area contributed by atoms with E-state index >= 15 is 0 Å². The smallest absolute Gasteiger partial charge is 0.408 e. The summed E-state index contributed by atoms with van der Waals surface area (Å²) in [6.07, 6.45) is -1.85. The molecule has 1 saturated heterocycles. The lowest BCUT2D eigenvalue weighted by Crippen LogP contribution is -2.61. The summed E-state index contributed by atoms with van der Waals surface area (Å²) in [6, 6.07) is 2.54. The lowest BCUT2D eigenvalue weighted by Gasteiger charge is -2.36. The van der Waals surface area contributed by atoms with Gasteiger partial charge in [0.25, 0.3) is 15.9 Å². The molecule has 1 aromatic heterocycles. The number of benzene rings is 1. The van der Waals surface area contributed by atoms with Gasteiger partial charge in [0.05, 0.1) is 30.6 Å². The molecule has 0 radical (unpaired) electrons. The fraction of sp³-hybridized carbons (Fsp3) is 0.692. The van der Waals surface area contributed by atoms with Crippen LogP contribution in [-0.2, 0) is 35.6 Å². The van der Waals surface area contributed by atoms with Gasteiger partial charge in [0, 0.05) is 24.8 Å². The van der Waals surface area contributed by atoms with E-state index in [-0.39, 0.29) is 43.7 Å². The van der Waals surface area contributed by atoms with Crippen molar-refractivity contribution in [3.63, 3.8) is 0 Å². The number of aryl methyl sites for hydroxylation is 1. The van der Waals surface area contributed by atoms with E-state index in [1.165, 1.54) is 12.0 Å². The van der Waals surface area contributed by atoms with Gasteiger partial charge in [0.2, 0.25) is 29.1 Å². The van der Waals surface area contributed by atoms with Gasteiger partial charge in [-0.05, 0) is 62.0 Å². The molecule has 4 amide bonds. The number of fused-ring (bicyclic) bond motifs is 5. The predicted molar refractivity (Wildman–Crippen MR) is 202 cm³/mol. The van der Waals surface area contributed by atoms with Crippen LogP contribution in [0.1, 0.15) is 91.2 Å². The average Bonchev–Trinajstić information content (AvgIpc) is 4.11. The first-order valence-corrected chi connectivity index (χ1v) is 21.4. The first kappa shape index (κ1) is 41.7. The summed E-state index contributed by atoms with van der Waals surface area (Å²) in [5.74, 6) is -4.96. The van der Waals surface area contributed by atoms with Crippen molar-refractivity contribution >= 4 is 44.9 Å². The Hall–Kier alpha value is -4.42. The molecule has 3 heterocycles. The minimum Gasteiger partial charge on any atom is -0.497 e. The highest BCUT2D eigenvalue weighted by Crippen LogP contribution is 2.50. The van der Waals surface area contributed by atoms with Crippen LogP contribution in [0.5, 0.6) is 11.6 Å². The van der Waals surface area contributed by atoms with Gasteiger partial charge in [-0.15, -0.1) is 0 Å². The number of carbonyl (C=O) groups excluding carboxylic acids is 4. The van der Waals surface area contributed by atoms with Crippen LogP contribution in [0.2, 0.25) is 0 Å². The van der Waals surface area contributed by atoms with Crippen LogP contribution in [-0.4, -0.2) is 102 Å². The molecule has 2 aromatic rings. The number of halogens is 3. The van der Waals surface area contributed by atoms with Crippen molar-refractivity contribution in [1.82, 2.24) is 30.2 Å². The van der Waals surface area contributed by atoms with Crippen molar-refractivity contribution in [1.29, 1.82) is 0 Å². The van der Waals surface area contributed by atoms with Crippen LogP contribution in [0.4, 0.5) is 18.0 Å². The maximum atomic E-state index is 14.8. The fourth-order valence-electron chi connectivity index (χ4n) is 8.30. The Morgan fingerprint density at radius 3 is 2.47 bits per heavy atom. The number of amides is 4. The molecule has 2 aliphatic heterocycles. The highest BCUT2D eigenvalue weighted by molar-refractivity contribution is 7.91. The van der Waals surface area contributed by atoms with Crippen LogP contribution in [0.3, 0.4) is 0 Å². The summed E-state index contributed by atoms with van der Waals surface area (Å²) in [5.41, 5.74) is -1.72. The maximum Gasteiger partial charge on any atom is 0.408 e. The van der Waals surface area contributed by atoms with Gasteiger partial charge in [-0.1, -0.05) is 40.5 Å². The number of rotatable bonds is 8. The molecule has 4 fully saturated rings. The Bertz CT molecular complexity index is 2080. The quantitative estimate of drug-likeness (QED) is 0.343. The highest BCUT2D eigenvalue weighted by Gasteiger charge is 2.68. The van der Waals surface area contributed by atoms with E-state index in [1.54, 1.807) is 50.6 Å². The topological polar surface area (TPSA) is 195 Å². The number of aromatic nitrogens is 2. The number of carbonyl (C=O) groups is 4. The van der Waals surface area contributed by atoms with Gasteiger partial charge in [-0.3, -0.25) is 14.4 Å². The van der Waals surface area contributed by atoms with E-state index in [9.17, 15) is 40.8 Å². The van der Waals surface area contributed by atoms with Crippen LogP contribution in [0.25, 0.3) is 11.0 Å². The Balaban J connectivity index is 1.27. The number of ether oxygens (including phenoxy) is 3. The number of methoxy groups -OCH3 is 1. The van der Waals surface area contributed by atoms with Gasteiger partial charge in [0.1, 0.15) is 41.3 Å². The third-order valence-electron chi connectivity index (χ3n) is 12.2. The van der Waals surface area contributed by atoms with E-state index < -0.39 is 92.7 Å². The van der Waals surface area contributed by atoms with Crippen molar-refractivity contribution in [2.45, 2.75) is 133 Å². The number of nitrogens with zero attached hydrogens (tertiary/aromatic N) is 3. The molecule has 3 N–H and O–H groups in total. The molecule has 1 aromatic carbocycles. The van der Waals surface area contributed by atoms with Crippen LogP contribution in [0.15, 0.2) is 18.2 Å². The summed E-state index contributed by atoms with van der Waals surface area (Å²) in [6.45, 7) is 6.68. The summed E-state index contributed by atoms with van der Waals surface area (Å²) in [5, 5.41) is 2.38. The number of sulfonamides is 1. The largest absolute Gasteiger partial charge is 0.497 e. The molecule has 7 rings (SSSR count). The van der Waals surface area contributed by atoms with Crippen molar-refractivity contribution in [3.8, 4) is 11.6 Å². The molecule has 2 bridgehead atoms. The molecule has 8 atom stereocenters. The summed E-state index contributed by atoms with van der Waals surface area (Å²) in [7, 11) is -3.39. The number of alkyl carbamates (subject to hydrolysis) is 1. The molecule has 3 aliphatic carbocycles. The van der Waals surface area contributed by atoms with Gasteiger partial charge in [-0.25, -0.2) is 41.1 Å². The van der Waals surface area contributed by atoms with Crippen molar-refractivity contribution < 1.29 is 55.0 Å². The first-order chi connectivity index (χ1) is 27.3. The second-order valence-corrected chi connectivity index (χ2v) is 19.3. The highest BCUT2D eigenvalue weighted by atomic mass is 32.2. The van der Waals surface area contributed by atoms with E-state index in [0.717, 1.165) is 25.7 Å². The molecule has 15 nitrogen and oxygen atoms in total. The molecule has 5 aliphatic rings. The normalized spacial score (nSPS) is 31.1. The number of alkyl halides is 3. The van der Waals surface area contributed by atoms with E-state index in [1.807, 2.05) is 0 Å². The fourth-order valence-corrected chi connectivity index (χ4v) is 9.55. The molecule has 0 unspecified atom stereocenters. The van der Waals surface area contributed by atoms with E-state index in [0.29, 0.717) is 35.3 Å². The Kier molecular flexibility index (Phi) is 11.0. The summed E-state index contributed by atoms with van der Waals surface area (Å²) >= 11 is 0. The number of hydrogen-bond acceptors (Lipinski definition) is 11.